The summed E-state index contributed by atoms with van der Waals surface area (Å²) in [7, 11) is -5.01. The number of alkyl halides is 3. The fourth-order valence-electron chi connectivity index (χ4n) is 3.58. The van der Waals surface area contributed by atoms with Gasteiger partial charge >= 0.3 is 35.7 Å². The molecule has 34 heavy (non-hydrogen) atoms. The van der Waals surface area contributed by atoms with Crippen molar-refractivity contribution in [1.29, 1.82) is 0 Å². The number of carbonyl (C=O) groups is 2. The zero-order valence-corrected chi connectivity index (χ0v) is 17.0. The second kappa shape index (κ2) is 8.78. The summed E-state index contributed by atoms with van der Waals surface area (Å²) in [4.78, 5) is 25.3. The molecule has 0 aliphatic heterocycles. The van der Waals surface area contributed by atoms with Gasteiger partial charge in [-0.15, -0.1) is 0 Å². The molecule has 0 amide bonds. The molecule has 4 N–H and O–H groups in total. The Balaban J connectivity index is 0.00000324. The number of hydrogen-bond donors (Lipinski definition) is 3. The Hall–Kier alpha value is -2.77. The van der Waals surface area contributed by atoms with Gasteiger partial charge in [0.15, 0.2) is 11.6 Å². The SMILES string of the molecule is Nc1c(S(=O)(=O)O)cc(Nc2ccc(F)c(C(F)(F)F)c2)c2c1C(=O)c1ccccc1C2=O.[NaH]. The van der Waals surface area contributed by atoms with Crippen LogP contribution in [-0.4, -0.2) is 54.1 Å². The summed E-state index contributed by atoms with van der Waals surface area (Å²) in [5, 5.41) is 2.42. The molecule has 4 rings (SSSR count). The van der Waals surface area contributed by atoms with Crippen LogP contribution in [0.15, 0.2) is 53.4 Å². The number of carbonyl (C=O) groups excluding carboxylic acids is 2. The molecule has 0 radical (unpaired) electrons. The number of fused-ring (bicyclic) bond motifs is 2. The third-order valence-corrected chi connectivity index (χ3v) is 5.92. The number of benzene rings is 3. The first-order valence-electron chi connectivity index (χ1n) is 9.07. The van der Waals surface area contributed by atoms with E-state index in [-0.39, 0.29) is 46.4 Å². The van der Waals surface area contributed by atoms with Crippen LogP contribution in [0.5, 0.6) is 0 Å². The van der Waals surface area contributed by atoms with Crippen LogP contribution in [0.1, 0.15) is 37.4 Å². The van der Waals surface area contributed by atoms with E-state index in [1.54, 1.807) is 0 Å². The Bertz CT molecular complexity index is 1470. The molecule has 0 saturated carbocycles. The van der Waals surface area contributed by atoms with Crippen molar-refractivity contribution in [3.8, 4) is 0 Å². The molecule has 3 aromatic rings. The van der Waals surface area contributed by atoms with Gasteiger partial charge in [-0.1, -0.05) is 24.3 Å². The number of nitrogens with one attached hydrogen (secondary N) is 1. The summed E-state index contributed by atoms with van der Waals surface area (Å²) in [6.45, 7) is 0. The predicted octanol–water partition coefficient (Wildman–Crippen LogP) is 3.54. The number of ketones is 2. The molecule has 0 bridgehead atoms. The first kappa shape index (κ1) is 25.8. The van der Waals surface area contributed by atoms with E-state index in [1.165, 1.54) is 24.3 Å². The quantitative estimate of drug-likeness (QED) is 0.169. The van der Waals surface area contributed by atoms with Gasteiger partial charge in [-0.3, -0.25) is 14.1 Å². The molecule has 0 spiro atoms. The fourth-order valence-corrected chi connectivity index (χ4v) is 4.23. The second-order valence-electron chi connectivity index (χ2n) is 7.08. The van der Waals surface area contributed by atoms with E-state index < -0.39 is 66.6 Å². The molecule has 3 aromatic carbocycles. The van der Waals surface area contributed by atoms with E-state index in [9.17, 15) is 40.1 Å². The van der Waals surface area contributed by atoms with Gasteiger partial charge in [0.1, 0.15) is 10.7 Å². The van der Waals surface area contributed by atoms with Gasteiger partial charge in [-0.05, 0) is 24.3 Å². The van der Waals surface area contributed by atoms with Crippen molar-refractivity contribution in [2.45, 2.75) is 11.1 Å². The monoisotopic (exact) mass is 504 g/mol. The van der Waals surface area contributed by atoms with Crippen molar-refractivity contribution in [1.82, 2.24) is 0 Å². The zero-order chi connectivity index (χ0) is 24.3. The summed E-state index contributed by atoms with van der Waals surface area (Å²) in [5.41, 5.74) is 1.70. The zero-order valence-electron chi connectivity index (χ0n) is 16.2. The molecule has 172 valence electrons. The van der Waals surface area contributed by atoms with Crippen molar-refractivity contribution in [3.63, 3.8) is 0 Å². The van der Waals surface area contributed by atoms with E-state index in [0.717, 1.165) is 12.1 Å². The summed E-state index contributed by atoms with van der Waals surface area (Å²) in [5.74, 6) is -3.12. The number of hydrogen-bond acceptors (Lipinski definition) is 6. The molecule has 0 atom stereocenters. The van der Waals surface area contributed by atoms with Crippen molar-refractivity contribution in [2.24, 2.45) is 0 Å². The fraction of sp³-hybridized carbons (Fsp3) is 0.0476. The predicted molar refractivity (Wildman–Crippen MR) is 116 cm³/mol. The summed E-state index contributed by atoms with van der Waals surface area (Å²) in [6.07, 6.45) is -5.04. The number of nitrogens with two attached hydrogens (primary N) is 1. The molecule has 13 heteroatoms. The minimum atomic E-state index is -5.04. The topological polar surface area (TPSA) is 127 Å². The average Bonchev–Trinajstić information content (AvgIpc) is 2.72. The van der Waals surface area contributed by atoms with Gasteiger partial charge < -0.3 is 11.1 Å². The normalized spacial score (nSPS) is 13.1. The van der Waals surface area contributed by atoms with Crippen LogP contribution < -0.4 is 11.1 Å². The van der Waals surface area contributed by atoms with Crippen LogP contribution >= 0.6 is 0 Å². The van der Waals surface area contributed by atoms with Crippen LogP contribution in [0.4, 0.5) is 34.6 Å². The average molecular weight is 504 g/mol. The summed E-state index contributed by atoms with van der Waals surface area (Å²) in [6, 6.07) is 8.19. The molecular weight excluding hydrogens is 491 g/mol. The van der Waals surface area contributed by atoms with E-state index >= 15 is 0 Å². The van der Waals surface area contributed by atoms with E-state index in [4.69, 9.17) is 5.73 Å². The van der Waals surface area contributed by atoms with E-state index in [0.29, 0.717) is 12.1 Å². The van der Waals surface area contributed by atoms with Gasteiger partial charge in [0.2, 0.25) is 0 Å². The molecule has 0 fully saturated rings. The van der Waals surface area contributed by atoms with Crippen LogP contribution in [0, 0.1) is 5.82 Å². The van der Waals surface area contributed by atoms with Crippen LogP contribution in [0.3, 0.4) is 0 Å². The van der Waals surface area contributed by atoms with Crippen molar-refractivity contribution in [3.05, 3.63) is 82.2 Å². The molecular formula is C21H13F4N2NaO5S. The molecule has 1 aliphatic carbocycles. The molecule has 1 aliphatic rings. The van der Waals surface area contributed by atoms with E-state index in [2.05, 4.69) is 5.32 Å². The number of anilines is 3. The molecule has 7 nitrogen and oxygen atoms in total. The minimum absolute atomic E-state index is 0. The number of halogens is 4. The van der Waals surface area contributed by atoms with E-state index in [1.807, 2.05) is 0 Å². The first-order valence-corrected chi connectivity index (χ1v) is 10.5. The molecule has 0 unspecified atom stereocenters. The first-order chi connectivity index (χ1) is 15.3. The Morgan fingerprint density at radius 2 is 1.47 bits per heavy atom. The van der Waals surface area contributed by atoms with Crippen molar-refractivity contribution >= 4 is 68.3 Å². The van der Waals surface area contributed by atoms with Crippen LogP contribution in [0.2, 0.25) is 0 Å². The summed E-state index contributed by atoms with van der Waals surface area (Å²) < 4.78 is 86.2. The standard InChI is InChI=1S/C21H12F4N2O5S.Na.H/c22-13-6-5-9(7-12(13)21(23,24)25)27-14-8-15(33(30,31)32)18(26)17-16(14)19(28)10-3-1-2-4-11(10)20(17)29;;/h1-8,27H,26H2,(H,30,31,32);;. The third-order valence-electron chi connectivity index (χ3n) is 5.03. The van der Waals surface area contributed by atoms with Crippen molar-refractivity contribution in [2.75, 3.05) is 11.1 Å². The maximum absolute atomic E-state index is 13.7. The van der Waals surface area contributed by atoms with Crippen LogP contribution in [0.25, 0.3) is 0 Å². The van der Waals surface area contributed by atoms with Gasteiger partial charge in [0.05, 0.1) is 28.1 Å². The number of rotatable bonds is 3. The Kier molecular flexibility index (Phi) is 6.68. The third kappa shape index (κ3) is 4.34. The number of nitrogen functional groups attached to an aromatic ring is 1. The van der Waals surface area contributed by atoms with Gasteiger partial charge in [-0.25, -0.2) is 4.39 Å². The van der Waals surface area contributed by atoms with Gasteiger partial charge in [0.25, 0.3) is 10.1 Å². The maximum atomic E-state index is 13.7. The molecule has 0 heterocycles. The van der Waals surface area contributed by atoms with Gasteiger partial charge in [-0.2, -0.15) is 21.6 Å². The Morgan fingerprint density at radius 3 is 2.00 bits per heavy atom. The second-order valence-corrected chi connectivity index (χ2v) is 8.47. The Morgan fingerprint density at radius 1 is 0.912 bits per heavy atom. The Labute approximate surface area is 212 Å². The molecule has 0 aromatic heterocycles. The van der Waals surface area contributed by atoms with Gasteiger partial charge in [0, 0.05) is 16.8 Å². The molecule has 0 saturated heterocycles. The van der Waals surface area contributed by atoms with Crippen LogP contribution in [-0.2, 0) is 16.3 Å². The van der Waals surface area contributed by atoms with Crippen molar-refractivity contribution < 1.29 is 40.1 Å². The summed E-state index contributed by atoms with van der Waals surface area (Å²) >= 11 is 0.